The second kappa shape index (κ2) is 6.31. The second-order valence-corrected chi connectivity index (χ2v) is 7.08. The van der Waals surface area contributed by atoms with E-state index in [1.807, 2.05) is 43.1 Å². The van der Waals surface area contributed by atoms with Gasteiger partial charge in [0.1, 0.15) is 9.84 Å². The highest BCUT2D eigenvalue weighted by Gasteiger charge is 2.12. The number of sulfone groups is 1. The van der Waals surface area contributed by atoms with Crippen molar-refractivity contribution in [1.29, 1.82) is 0 Å². The number of hydrogen-bond donors (Lipinski definition) is 1. The molecular formula is C13H21NO3S. The van der Waals surface area contributed by atoms with Gasteiger partial charge in [-0.25, -0.2) is 8.42 Å². The van der Waals surface area contributed by atoms with E-state index in [1.165, 1.54) is 6.26 Å². The molecule has 0 fully saturated rings. The van der Waals surface area contributed by atoms with Gasteiger partial charge in [-0.3, -0.25) is 0 Å². The fourth-order valence-corrected chi connectivity index (χ4v) is 2.25. The third-order valence-corrected chi connectivity index (χ3v) is 3.71. The number of nitrogens with zero attached hydrogens (tertiary/aromatic N) is 1. The van der Waals surface area contributed by atoms with Crippen molar-refractivity contribution in [3.63, 3.8) is 0 Å². The largest absolute Gasteiger partial charge is 0.387 e. The van der Waals surface area contributed by atoms with Crippen LogP contribution in [-0.2, 0) is 9.84 Å². The van der Waals surface area contributed by atoms with E-state index in [-0.39, 0.29) is 5.75 Å². The second-order valence-electron chi connectivity index (χ2n) is 4.82. The van der Waals surface area contributed by atoms with E-state index in [0.717, 1.165) is 11.1 Å². The van der Waals surface area contributed by atoms with Crippen molar-refractivity contribution >= 4 is 9.84 Å². The Morgan fingerprint density at radius 1 is 1.28 bits per heavy atom. The number of aliphatic hydroxyl groups is 1. The molecule has 0 spiro atoms. The fourth-order valence-electron chi connectivity index (χ4n) is 1.60. The van der Waals surface area contributed by atoms with Crippen LogP contribution in [0.1, 0.15) is 17.2 Å². The van der Waals surface area contributed by atoms with Gasteiger partial charge in [0.05, 0.1) is 11.9 Å². The summed E-state index contributed by atoms with van der Waals surface area (Å²) >= 11 is 0. The zero-order valence-corrected chi connectivity index (χ0v) is 11.9. The Morgan fingerprint density at radius 2 is 1.83 bits per heavy atom. The normalized spacial score (nSPS) is 13.8. The summed E-state index contributed by atoms with van der Waals surface area (Å²) in [4.78, 5) is 1.82. The van der Waals surface area contributed by atoms with Gasteiger partial charge in [-0.1, -0.05) is 29.8 Å². The van der Waals surface area contributed by atoms with E-state index in [1.54, 1.807) is 0 Å². The van der Waals surface area contributed by atoms with Crippen molar-refractivity contribution in [1.82, 2.24) is 4.90 Å². The molecule has 4 nitrogen and oxygen atoms in total. The Morgan fingerprint density at radius 3 is 2.33 bits per heavy atom. The number of aryl methyl sites for hydroxylation is 1. The molecular weight excluding hydrogens is 250 g/mol. The number of benzene rings is 1. The summed E-state index contributed by atoms with van der Waals surface area (Å²) in [6.45, 7) is 2.86. The van der Waals surface area contributed by atoms with E-state index < -0.39 is 15.9 Å². The summed E-state index contributed by atoms with van der Waals surface area (Å²) in [5, 5.41) is 10.0. The van der Waals surface area contributed by atoms with E-state index in [0.29, 0.717) is 13.1 Å². The minimum atomic E-state index is -2.95. The van der Waals surface area contributed by atoms with Gasteiger partial charge in [0.2, 0.25) is 0 Å². The SMILES string of the molecule is Cc1ccc(C(O)CN(C)CCS(C)(=O)=O)cc1. The maximum absolute atomic E-state index is 11.0. The lowest BCUT2D eigenvalue weighted by Gasteiger charge is -2.20. The number of rotatable bonds is 6. The first-order valence-electron chi connectivity index (χ1n) is 5.89. The molecule has 1 N–H and O–H groups in total. The van der Waals surface area contributed by atoms with Crippen LogP contribution in [0.2, 0.25) is 0 Å². The molecule has 1 unspecified atom stereocenters. The van der Waals surface area contributed by atoms with Crippen LogP contribution < -0.4 is 0 Å². The molecule has 0 aliphatic carbocycles. The molecule has 1 aromatic carbocycles. The Balaban J connectivity index is 2.49. The van der Waals surface area contributed by atoms with Gasteiger partial charge in [-0.05, 0) is 19.5 Å². The molecule has 0 heterocycles. The van der Waals surface area contributed by atoms with E-state index in [2.05, 4.69) is 0 Å². The van der Waals surface area contributed by atoms with E-state index >= 15 is 0 Å². The predicted octanol–water partition coefficient (Wildman–Crippen LogP) is 1.00. The summed E-state index contributed by atoms with van der Waals surface area (Å²) in [7, 11) is -1.14. The van der Waals surface area contributed by atoms with Gasteiger partial charge in [-0.2, -0.15) is 0 Å². The van der Waals surface area contributed by atoms with Crippen molar-refractivity contribution in [3.05, 3.63) is 35.4 Å². The molecule has 0 bridgehead atoms. The minimum Gasteiger partial charge on any atom is -0.387 e. The molecule has 0 saturated heterocycles. The molecule has 1 atom stereocenters. The zero-order valence-electron chi connectivity index (χ0n) is 11.1. The summed E-state index contributed by atoms with van der Waals surface area (Å²) in [5.41, 5.74) is 2.00. The number of likely N-dealkylation sites (N-methyl/N-ethyl adjacent to an activating group) is 1. The van der Waals surface area contributed by atoms with Gasteiger partial charge < -0.3 is 10.0 Å². The minimum absolute atomic E-state index is 0.115. The Labute approximate surface area is 109 Å². The standard InChI is InChI=1S/C13H21NO3S/c1-11-4-6-12(7-5-11)13(15)10-14(2)8-9-18(3,16)17/h4-7,13,15H,8-10H2,1-3H3. The molecule has 18 heavy (non-hydrogen) atoms. The van der Waals surface area contributed by atoms with Gasteiger partial charge in [0, 0.05) is 19.3 Å². The highest BCUT2D eigenvalue weighted by atomic mass is 32.2. The smallest absolute Gasteiger partial charge is 0.148 e. The maximum Gasteiger partial charge on any atom is 0.148 e. The molecule has 1 rings (SSSR count). The monoisotopic (exact) mass is 271 g/mol. The molecule has 1 aromatic rings. The van der Waals surface area contributed by atoms with Crippen molar-refractivity contribution in [2.45, 2.75) is 13.0 Å². The van der Waals surface area contributed by atoms with E-state index in [9.17, 15) is 13.5 Å². The van der Waals surface area contributed by atoms with Crippen LogP contribution in [0.15, 0.2) is 24.3 Å². The highest BCUT2D eigenvalue weighted by Crippen LogP contribution is 2.14. The topological polar surface area (TPSA) is 57.6 Å². The molecule has 0 aliphatic rings. The first-order chi connectivity index (χ1) is 8.28. The van der Waals surface area contributed by atoms with Crippen molar-refractivity contribution in [2.75, 3.05) is 32.1 Å². The molecule has 0 aromatic heterocycles. The Hall–Kier alpha value is -0.910. The summed E-state index contributed by atoms with van der Waals surface area (Å²) in [6, 6.07) is 7.69. The fraction of sp³-hybridized carbons (Fsp3) is 0.538. The van der Waals surface area contributed by atoms with Crippen LogP contribution >= 0.6 is 0 Å². The van der Waals surface area contributed by atoms with Crippen LogP contribution in [0.3, 0.4) is 0 Å². The molecule has 0 amide bonds. The van der Waals surface area contributed by atoms with Crippen LogP contribution in [-0.4, -0.2) is 50.6 Å². The molecule has 5 heteroatoms. The molecule has 102 valence electrons. The van der Waals surface area contributed by atoms with Crippen molar-refractivity contribution in [3.8, 4) is 0 Å². The first-order valence-corrected chi connectivity index (χ1v) is 7.95. The average molecular weight is 271 g/mol. The number of aliphatic hydroxyl groups excluding tert-OH is 1. The summed E-state index contributed by atoms with van der Waals surface area (Å²) < 4.78 is 22.1. The van der Waals surface area contributed by atoms with E-state index in [4.69, 9.17) is 0 Å². The quantitative estimate of drug-likeness (QED) is 0.839. The predicted molar refractivity (Wildman–Crippen MR) is 73.3 cm³/mol. The third kappa shape index (κ3) is 5.62. The first kappa shape index (κ1) is 15.1. The Bertz CT molecular complexity index is 468. The van der Waals surface area contributed by atoms with Gasteiger partial charge >= 0.3 is 0 Å². The van der Waals surface area contributed by atoms with Crippen LogP contribution in [0.25, 0.3) is 0 Å². The molecule has 0 aliphatic heterocycles. The lowest BCUT2D eigenvalue weighted by molar-refractivity contribution is 0.130. The van der Waals surface area contributed by atoms with Gasteiger partial charge in [-0.15, -0.1) is 0 Å². The molecule has 0 saturated carbocycles. The zero-order chi connectivity index (χ0) is 13.8. The maximum atomic E-state index is 11.0. The van der Waals surface area contributed by atoms with Crippen LogP contribution in [0.4, 0.5) is 0 Å². The summed E-state index contributed by atoms with van der Waals surface area (Å²) in [6.07, 6.45) is 0.632. The summed E-state index contributed by atoms with van der Waals surface area (Å²) in [5.74, 6) is 0.115. The van der Waals surface area contributed by atoms with Crippen LogP contribution in [0.5, 0.6) is 0 Å². The lowest BCUT2D eigenvalue weighted by atomic mass is 10.1. The van der Waals surface area contributed by atoms with Gasteiger partial charge in [0.25, 0.3) is 0 Å². The number of hydrogen-bond acceptors (Lipinski definition) is 4. The Kier molecular flexibility index (Phi) is 5.31. The average Bonchev–Trinajstić information content (AvgIpc) is 2.26. The third-order valence-electron chi connectivity index (χ3n) is 2.79. The van der Waals surface area contributed by atoms with Crippen molar-refractivity contribution in [2.24, 2.45) is 0 Å². The molecule has 0 radical (unpaired) electrons. The lowest BCUT2D eigenvalue weighted by Crippen LogP contribution is -2.29. The van der Waals surface area contributed by atoms with Crippen molar-refractivity contribution < 1.29 is 13.5 Å². The van der Waals surface area contributed by atoms with Gasteiger partial charge in [0.15, 0.2) is 0 Å². The highest BCUT2D eigenvalue weighted by molar-refractivity contribution is 7.90. The van der Waals surface area contributed by atoms with Crippen LogP contribution in [0, 0.1) is 6.92 Å².